The van der Waals surface area contributed by atoms with Gasteiger partial charge in [0.1, 0.15) is 5.82 Å². The van der Waals surface area contributed by atoms with Crippen LogP contribution in [-0.2, 0) is 12.1 Å². The van der Waals surface area contributed by atoms with Crippen LogP contribution in [0.25, 0.3) is 43.8 Å². The molecule has 0 spiro atoms. The fourth-order valence-electron chi connectivity index (χ4n) is 6.10. The molecule has 1 aliphatic carbocycles. The molecule has 0 N–H and O–H groups in total. The molecule has 3 nitrogen and oxygen atoms in total. The maximum Gasteiger partial charge on any atom is 0.229 e. The molecule has 0 saturated carbocycles. The summed E-state index contributed by atoms with van der Waals surface area (Å²) in [6.45, 7) is 9.96. The van der Waals surface area contributed by atoms with Crippen LogP contribution in [0.15, 0.2) is 48.7 Å². The Morgan fingerprint density at radius 1 is 0.966 bits per heavy atom. The lowest BCUT2D eigenvalue weighted by Crippen LogP contribution is -2.40. The van der Waals surface area contributed by atoms with Crippen molar-refractivity contribution < 1.29 is 4.57 Å². The highest BCUT2D eigenvalue weighted by Crippen LogP contribution is 2.53. The minimum Gasteiger partial charge on any atom is -0.270 e. The van der Waals surface area contributed by atoms with E-state index in [-0.39, 0.29) is 5.41 Å². The molecule has 140 valence electrons. The number of hydrogen-bond acceptors (Lipinski definition) is 1. The standard InChI is InChI=1S/C26H22N3/c1-14-11-12-28-13-29-15(2)27-23-18-8-6-5-7-16(18)17-9-10-19-21(20(17)25(23)29)24(28)22(14)26(19,3)4/h5-12H,13H2,1-4H3/q+1. The van der Waals surface area contributed by atoms with E-state index < -0.39 is 0 Å². The molecule has 0 amide bonds. The predicted octanol–water partition coefficient (Wildman–Crippen LogP) is 5.37. The van der Waals surface area contributed by atoms with Crippen LogP contribution in [0.5, 0.6) is 0 Å². The average Bonchev–Trinajstić information content (AvgIpc) is 3.10. The molecule has 1 aliphatic heterocycles. The molecule has 0 radical (unpaired) electrons. The third kappa shape index (κ3) is 1.60. The summed E-state index contributed by atoms with van der Waals surface area (Å²) >= 11 is 0. The van der Waals surface area contributed by atoms with E-state index in [0.29, 0.717) is 0 Å². The highest BCUT2D eigenvalue weighted by molar-refractivity contribution is 6.27. The lowest BCUT2D eigenvalue weighted by atomic mass is 9.80. The van der Waals surface area contributed by atoms with Gasteiger partial charge in [0.25, 0.3) is 0 Å². The zero-order valence-corrected chi connectivity index (χ0v) is 17.2. The van der Waals surface area contributed by atoms with Crippen LogP contribution in [0.2, 0.25) is 0 Å². The molecular weight excluding hydrogens is 354 g/mol. The summed E-state index contributed by atoms with van der Waals surface area (Å²) in [5.74, 6) is 1.08. The molecule has 29 heavy (non-hydrogen) atoms. The number of pyridine rings is 1. The van der Waals surface area contributed by atoms with Gasteiger partial charge in [0, 0.05) is 27.8 Å². The first-order valence-electron chi connectivity index (χ1n) is 10.4. The Bertz CT molecular complexity index is 1570. The first kappa shape index (κ1) is 15.7. The second-order valence-electron chi connectivity index (χ2n) is 9.20. The summed E-state index contributed by atoms with van der Waals surface area (Å²) < 4.78 is 4.85. The van der Waals surface area contributed by atoms with Crippen molar-refractivity contribution in [3.63, 3.8) is 0 Å². The minimum atomic E-state index is 0.00115. The predicted molar refractivity (Wildman–Crippen MR) is 117 cm³/mol. The fraction of sp³-hybridized carbons (Fsp3) is 0.231. The number of nitrogens with zero attached hydrogens (tertiary/aromatic N) is 3. The summed E-state index contributed by atoms with van der Waals surface area (Å²) in [6.07, 6.45) is 2.26. The van der Waals surface area contributed by atoms with Crippen molar-refractivity contribution in [2.45, 2.75) is 39.8 Å². The molecule has 0 saturated heterocycles. The van der Waals surface area contributed by atoms with Gasteiger partial charge >= 0.3 is 0 Å². The SMILES string of the molecule is Cc1cc[n+]2c3c1C(C)(C)c1ccc4c5ccccc5c5nc(C)n(c5c4c1-3)C2. The lowest BCUT2D eigenvalue weighted by molar-refractivity contribution is -0.690. The second-order valence-corrected chi connectivity index (χ2v) is 9.20. The Balaban J connectivity index is 1.89. The van der Waals surface area contributed by atoms with Crippen molar-refractivity contribution in [1.82, 2.24) is 9.55 Å². The first-order valence-corrected chi connectivity index (χ1v) is 10.4. The van der Waals surface area contributed by atoms with Crippen LogP contribution in [0.1, 0.15) is 36.4 Å². The van der Waals surface area contributed by atoms with Gasteiger partial charge in [-0.2, -0.15) is 4.57 Å². The third-order valence-corrected chi connectivity index (χ3v) is 7.32. The third-order valence-electron chi connectivity index (χ3n) is 7.32. The molecule has 0 atom stereocenters. The van der Waals surface area contributed by atoms with E-state index in [0.717, 1.165) is 18.0 Å². The van der Waals surface area contributed by atoms with Crippen molar-refractivity contribution in [1.29, 1.82) is 0 Å². The van der Waals surface area contributed by atoms with Gasteiger partial charge < -0.3 is 0 Å². The molecule has 3 heterocycles. The van der Waals surface area contributed by atoms with Crippen LogP contribution >= 0.6 is 0 Å². The van der Waals surface area contributed by atoms with E-state index in [9.17, 15) is 0 Å². The van der Waals surface area contributed by atoms with Gasteiger partial charge in [-0.15, -0.1) is 0 Å². The van der Waals surface area contributed by atoms with Crippen LogP contribution in [0.4, 0.5) is 0 Å². The number of hydrogen-bond donors (Lipinski definition) is 0. The molecule has 0 unspecified atom stereocenters. The number of imidazole rings is 1. The molecular formula is C26H22N3+. The zero-order chi connectivity index (χ0) is 19.7. The Kier molecular flexibility index (Phi) is 2.53. The maximum atomic E-state index is 5.06. The van der Waals surface area contributed by atoms with Crippen molar-refractivity contribution in [2.75, 3.05) is 0 Å². The van der Waals surface area contributed by atoms with Crippen molar-refractivity contribution in [2.24, 2.45) is 0 Å². The number of benzene rings is 3. The van der Waals surface area contributed by atoms with Gasteiger partial charge in [-0.3, -0.25) is 4.57 Å². The van der Waals surface area contributed by atoms with E-state index in [4.69, 9.17) is 4.98 Å². The molecule has 2 aromatic heterocycles. The number of fused-ring (bicyclic) bond motifs is 3. The summed E-state index contributed by atoms with van der Waals surface area (Å²) in [5.41, 5.74) is 9.53. The molecule has 0 fully saturated rings. The second kappa shape index (κ2) is 4.68. The van der Waals surface area contributed by atoms with Crippen molar-refractivity contribution in [3.05, 3.63) is 71.2 Å². The first-order chi connectivity index (χ1) is 14.0. The topological polar surface area (TPSA) is 21.7 Å². The van der Waals surface area contributed by atoms with E-state index >= 15 is 0 Å². The zero-order valence-electron chi connectivity index (χ0n) is 17.2. The van der Waals surface area contributed by atoms with E-state index in [2.05, 4.69) is 85.5 Å². The smallest absolute Gasteiger partial charge is 0.229 e. The van der Waals surface area contributed by atoms with E-state index in [1.165, 1.54) is 55.0 Å². The van der Waals surface area contributed by atoms with Gasteiger partial charge in [-0.1, -0.05) is 50.2 Å². The largest absolute Gasteiger partial charge is 0.270 e. The van der Waals surface area contributed by atoms with Crippen molar-refractivity contribution >= 4 is 32.6 Å². The molecule has 5 aromatic rings. The van der Waals surface area contributed by atoms with Crippen LogP contribution in [-0.4, -0.2) is 9.55 Å². The molecule has 7 rings (SSSR count). The van der Waals surface area contributed by atoms with Crippen LogP contribution in [0.3, 0.4) is 0 Å². The number of rotatable bonds is 0. The van der Waals surface area contributed by atoms with Gasteiger partial charge in [0.05, 0.1) is 16.6 Å². The van der Waals surface area contributed by atoms with E-state index in [1.54, 1.807) is 0 Å². The number of aromatic nitrogens is 3. The van der Waals surface area contributed by atoms with Gasteiger partial charge in [-0.25, -0.2) is 4.98 Å². The maximum absolute atomic E-state index is 5.06. The van der Waals surface area contributed by atoms with E-state index in [1.807, 2.05) is 0 Å². The quantitative estimate of drug-likeness (QED) is 0.258. The Morgan fingerprint density at radius 3 is 2.59 bits per heavy atom. The van der Waals surface area contributed by atoms with Crippen LogP contribution in [0, 0.1) is 13.8 Å². The minimum absolute atomic E-state index is 0.00115. The Morgan fingerprint density at radius 2 is 1.76 bits per heavy atom. The summed E-state index contributed by atoms with van der Waals surface area (Å²) in [5, 5.41) is 5.27. The monoisotopic (exact) mass is 376 g/mol. The lowest BCUT2D eigenvalue weighted by Gasteiger charge is -2.22. The molecule has 3 aromatic carbocycles. The van der Waals surface area contributed by atoms with Crippen LogP contribution < -0.4 is 4.57 Å². The van der Waals surface area contributed by atoms with Gasteiger partial charge in [-0.05, 0) is 35.7 Å². The normalized spacial score (nSPS) is 15.7. The Labute approximate surface area is 169 Å². The van der Waals surface area contributed by atoms with Crippen molar-refractivity contribution in [3.8, 4) is 11.3 Å². The highest BCUT2D eigenvalue weighted by Gasteiger charge is 2.45. The fourth-order valence-corrected chi connectivity index (χ4v) is 6.10. The molecule has 2 aliphatic rings. The van der Waals surface area contributed by atoms with Gasteiger partial charge in [0.2, 0.25) is 12.4 Å². The molecule has 0 bridgehead atoms. The summed E-state index contributed by atoms with van der Waals surface area (Å²) in [6, 6.07) is 15.7. The molecule has 3 heteroatoms. The summed E-state index contributed by atoms with van der Waals surface area (Å²) in [7, 11) is 0. The average molecular weight is 376 g/mol. The summed E-state index contributed by atoms with van der Waals surface area (Å²) in [4.78, 5) is 5.06. The number of aryl methyl sites for hydroxylation is 2. The Hall–Kier alpha value is -3.20. The highest BCUT2D eigenvalue weighted by atomic mass is 15.2. The van der Waals surface area contributed by atoms with Gasteiger partial charge in [0.15, 0.2) is 6.20 Å².